The van der Waals surface area contributed by atoms with E-state index < -0.39 is 10.0 Å². The number of hydrogen-bond acceptors (Lipinski definition) is 4. The zero-order valence-electron chi connectivity index (χ0n) is 16.4. The highest BCUT2D eigenvalue weighted by molar-refractivity contribution is 7.89. The van der Waals surface area contributed by atoms with Crippen LogP contribution in [0.4, 0.5) is 0 Å². The van der Waals surface area contributed by atoms with E-state index in [1.165, 1.54) is 4.31 Å². The summed E-state index contributed by atoms with van der Waals surface area (Å²) >= 11 is 0. The second-order valence-electron chi connectivity index (χ2n) is 7.82. The molecule has 27 heavy (non-hydrogen) atoms. The molecule has 150 valence electrons. The molecule has 0 atom stereocenters. The Morgan fingerprint density at radius 3 is 2.19 bits per heavy atom. The summed E-state index contributed by atoms with van der Waals surface area (Å²) in [6.45, 7) is 5.44. The van der Waals surface area contributed by atoms with Gasteiger partial charge in [-0.25, -0.2) is 8.42 Å². The highest BCUT2D eigenvalue weighted by Gasteiger charge is 2.34. The highest BCUT2D eigenvalue weighted by Crippen LogP contribution is 2.27. The van der Waals surface area contributed by atoms with Crippen molar-refractivity contribution in [2.75, 3.05) is 39.8 Å². The number of carbonyl (C=O) groups excluding carboxylic acids is 1. The van der Waals surface area contributed by atoms with Gasteiger partial charge in [-0.1, -0.05) is 17.7 Å². The molecule has 7 heteroatoms. The molecule has 6 nitrogen and oxygen atoms in total. The van der Waals surface area contributed by atoms with Crippen LogP contribution in [0.1, 0.15) is 31.2 Å². The van der Waals surface area contributed by atoms with E-state index in [4.69, 9.17) is 0 Å². The van der Waals surface area contributed by atoms with Crippen molar-refractivity contribution in [3.05, 3.63) is 29.8 Å². The number of aryl methyl sites for hydroxylation is 1. The molecule has 0 unspecified atom stereocenters. The van der Waals surface area contributed by atoms with Crippen LogP contribution < -0.4 is 5.32 Å². The lowest BCUT2D eigenvalue weighted by molar-refractivity contribution is -0.138. The Kier molecular flexibility index (Phi) is 6.55. The maximum atomic E-state index is 12.8. The molecule has 0 aromatic heterocycles. The number of sulfonamides is 1. The van der Waals surface area contributed by atoms with Gasteiger partial charge in [0.1, 0.15) is 0 Å². The molecule has 2 aliphatic rings. The van der Waals surface area contributed by atoms with Crippen molar-refractivity contribution in [2.45, 2.75) is 37.5 Å². The van der Waals surface area contributed by atoms with Crippen molar-refractivity contribution in [1.82, 2.24) is 14.5 Å². The maximum absolute atomic E-state index is 12.8. The minimum absolute atomic E-state index is 0.0460. The number of carbonyl (C=O) groups is 1. The molecule has 1 aromatic carbocycles. The predicted molar refractivity (Wildman–Crippen MR) is 106 cm³/mol. The van der Waals surface area contributed by atoms with Gasteiger partial charge in [0.05, 0.1) is 4.90 Å². The lowest BCUT2D eigenvalue weighted by Crippen LogP contribution is -2.47. The van der Waals surface area contributed by atoms with Crippen LogP contribution in [0.2, 0.25) is 0 Å². The average molecular weight is 394 g/mol. The smallest absolute Gasteiger partial charge is 0.243 e. The van der Waals surface area contributed by atoms with Gasteiger partial charge in [0.2, 0.25) is 15.9 Å². The number of amides is 1. The molecule has 1 N–H and O–H groups in total. The predicted octanol–water partition coefficient (Wildman–Crippen LogP) is 1.85. The first kappa shape index (κ1) is 20.3. The van der Waals surface area contributed by atoms with Crippen molar-refractivity contribution >= 4 is 15.9 Å². The van der Waals surface area contributed by atoms with Crippen LogP contribution in [0.15, 0.2) is 29.2 Å². The third-order valence-corrected chi connectivity index (χ3v) is 7.79. The average Bonchev–Trinajstić information content (AvgIpc) is 2.69. The van der Waals surface area contributed by atoms with Crippen molar-refractivity contribution in [2.24, 2.45) is 11.8 Å². The largest absolute Gasteiger partial charge is 0.342 e. The van der Waals surface area contributed by atoms with Gasteiger partial charge in [-0.05, 0) is 64.3 Å². The summed E-state index contributed by atoms with van der Waals surface area (Å²) in [5.41, 5.74) is 1.04. The SMILES string of the molecule is CNCC1CCN(C(=O)C2CCN(S(=O)(=O)c3ccc(C)cc3)CC2)CC1. The second kappa shape index (κ2) is 8.71. The Morgan fingerprint density at radius 2 is 1.63 bits per heavy atom. The van der Waals surface area contributed by atoms with Crippen LogP contribution in [0.5, 0.6) is 0 Å². The summed E-state index contributed by atoms with van der Waals surface area (Å²) in [6.07, 6.45) is 3.32. The van der Waals surface area contributed by atoms with E-state index in [9.17, 15) is 13.2 Å². The fourth-order valence-electron chi connectivity index (χ4n) is 4.11. The molecule has 0 radical (unpaired) electrons. The van der Waals surface area contributed by atoms with Crippen molar-refractivity contribution in [3.63, 3.8) is 0 Å². The van der Waals surface area contributed by atoms with Crippen LogP contribution in [0.3, 0.4) is 0 Å². The molecule has 2 heterocycles. The molecular weight excluding hydrogens is 362 g/mol. The molecular formula is C20H31N3O3S. The number of piperidine rings is 2. The molecule has 0 spiro atoms. The van der Waals surface area contributed by atoms with Gasteiger partial charge in [-0.15, -0.1) is 0 Å². The molecule has 1 aromatic rings. The van der Waals surface area contributed by atoms with Crippen LogP contribution in [0.25, 0.3) is 0 Å². The summed E-state index contributed by atoms with van der Waals surface area (Å²) < 4.78 is 27.1. The van der Waals surface area contributed by atoms with Gasteiger partial charge in [-0.2, -0.15) is 4.31 Å². The van der Waals surface area contributed by atoms with E-state index in [0.717, 1.165) is 38.0 Å². The topological polar surface area (TPSA) is 69.7 Å². The Hall–Kier alpha value is -1.44. The molecule has 0 saturated carbocycles. The fourth-order valence-corrected chi connectivity index (χ4v) is 5.58. The van der Waals surface area contributed by atoms with Crippen LogP contribution in [-0.2, 0) is 14.8 Å². The molecule has 3 rings (SSSR count). The van der Waals surface area contributed by atoms with Crippen LogP contribution in [-0.4, -0.2) is 63.3 Å². The van der Waals surface area contributed by atoms with E-state index in [0.29, 0.717) is 36.7 Å². The summed E-state index contributed by atoms with van der Waals surface area (Å²) in [5, 5.41) is 3.21. The summed E-state index contributed by atoms with van der Waals surface area (Å²) in [4.78, 5) is 15.1. The fraction of sp³-hybridized carbons (Fsp3) is 0.650. The molecule has 2 fully saturated rings. The standard InChI is InChI=1S/C20H31N3O3S/c1-16-3-5-19(6-4-16)27(25,26)23-13-9-18(10-14-23)20(24)22-11-7-17(8-12-22)15-21-2/h3-6,17-18,21H,7-15H2,1-2H3. The van der Waals surface area contributed by atoms with E-state index in [1.807, 2.05) is 31.0 Å². The third kappa shape index (κ3) is 4.70. The number of benzene rings is 1. The number of hydrogen-bond donors (Lipinski definition) is 1. The Balaban J connectivity index is 1.54. The molecule has 2 saturated heterocycles. The first-order valence-corrected chi connectivity index (χ1v) is 11.4. The van der Waals surface area contributed by atoms with Gasteiger partial charge < -0.3 is 10.2 Å². The minimum atomic E-state index is -3.46. The van der Waals surface area contributed by atoms with Gasteiger partial charge in [-0.3, -0.25) is 4.79 Å². The van der Waals surface area contributed by atoms with Crippen molar-refractivity contribution < 1.29 is 13.2 Å². The zero-order chi connectivity index (χ0) is 19.4. The van der Waals surface area contributed by atoms with Crippen molar-refractivity contribution in [3.8, 4) is 0 Å². The number of nitrogens with one attached hydrogen (secondary N) is 1. The summed E-state index contributed by atoms with van der Waals surface area (Å²) in [6, 6.07) is 6.97. The van der Waals surface area contributed by atoms with Gasteiger partial charge in [0.15, 0.2) is 0 Å². The summed E-state index contributed by atoms with van der Waals surface area (Å²) in [5.74, 6) is 0.821. The third-order valence-electron chi connectivity index (χ3n) is 5.88. The van der Waals surface area contributed by atoms with Gasteiger partial charge >= 0.3 is 0 Å². The Labute approximate surface area is 163 Å². The van der Waals surface area contributed by atoms with E-state index in [-0.39, 0.29) is 11.8 Å². The number of nitrogens with zero attached hydrogens (tertiary/aromatic N) is 2. The first-order chi connectivity index (χ1) is 12.9. The molecule has 2 aliphatic heterocycles. The van der Waals surface area contributed by atoms with Gasteiger partial charge in [0, 0.05) is 32.1 Å². The Morgan fingerprint density at radius 1 is 1.04 bits per heavy atom. The first-order valence-electron chi connectivity index (χ1n) is 9.92. The van der Waals surface area contributed by atoms with E-state index in [2.05, 4.69) is 5.32 Å². The quantitative estimate of drug-likeness (QED) is 0.829. The Bertz CT molecular complexity index is 732. The molecule has 1 amide bonds. The lowest BCUT2D eigenvalue weighted by Gasteiger charge is -2.37. The molecule has 0 aliphatic carbocycles. The number of rotatable bonds is 5. The van der Waals surface area contributed by atoms with Crippen molar-refractivity contribution in [1.29, 1.82) is 0 Å². The van der Waals surface area contributed by atoms with E-state index in [1.54, 1.807) is 12.1 Å². The lowest BCUT2D eigenvalue weighted by atomic mass is 9.92. The monoisotopic (exact) mass is 393 g/mol. The normalized spacial score (nSPS) is 20.7. The van der Waals surface area contributed by atoms with Gasteiger partial charge in [0.25, 0.3) is 0 Å². The van der Waals surface area contributed by atoms with Crippen LogP contribution >= 0.6 is 0 Å². The van der Waals surface area contributed by atoms with Crippen LogP contribution in [0, 0.1) is 18.8 Å². The second-order valence-corrected chi connectivity index (χ2v) is 9.76. The zero-order valence-corrected chi connectivity index (χ0v) is 17.2. The summed E-state index contributed by atoms with van der Waals surface area (Å²) in [7, 11) is -1.50. The highest BCUT2D eigenvalue weighted by atomic mass is 32.2. The van der Waals surface area contributed by atoms with E-state index >= 15 is 0 Å². The maximum Gasteiger partial charge on any atom is 0.243 e. The molecule has 0 bridgehead atoms. The number of likely N-dealkylation sites (tertiary alicyclic amines) is 1. The minimum Gasteiger partial charge on any atom is -0.342 e.